The summed E-state index contributed by atoms with van der Waals surface area (Å²) < 4.78 is 39.1. The van der Waals surface area contributed by atoms with Gasteiger partial charge in [-0.2, -0.15) is 0 Å². The lowest BCUT2D eigenvalue weighted by Gasteiger charge is -2.37. The normalized spacial score (nSPS) is 15.4. The predicted molar refractivity (Wildman–Crippen MR) is 117 cm³/mol. The summed E-state index contributed by atoms with van der Waals surface area (Å²) in [4.78, 5) is 14.6. The van der Waals surface area contributed by atoms with Crippen LogP contribution < -0.4 is 9.64 Å². The van der Waals surface area contributed by atoms with Gasteiger partial charge < -0.3 is 9.47 Å². The fourth-order valence-electron chi connectivity index (χ4n) is 3.81. The number of fused-ring (bicyclic) bond motifs is 1. The molecule has 3 aromatic rings. The lowest BCUT2D eigenvalue weighted by atomic mass is 9.91. The minimum absolute atomic E-state index is 0.0716. The van der Waals surface area contributed by atoms with Crippen LogP contribution in [-0.2, 0) is 17.8 Å². The summed E-state index contributed by atoms with van der Waals surface area (Å²) in [6.07, 6.45) is 0.402. The summed E-state index contributed by atoms with van der Waals surface area (Å²) in [6.45, 7) is 0.0716. The number of carbonyl (C=O) groups excluding carboxylic acids is 1. The number of carbonyl (C=O) groups is 1. The summed E-state index contributed by atoms with van der Waals surface area (Å²) in [5.41, 5.74) is 2.52. The van der Waals surface area contributed by atoms with E-state index in [-0.39, 0.29) is 11.1 Å². The van der Waals surface area contributed by atoms with Gasteiger partial charge in [-0.1, -0.05) is 42.5 Å². The third-order valence-corrected chi connectivity index (χ3v) is 6.08. The van der Waals surface area contributed by atoms with E-state index in [1.807, 2.05) is 42.5 Å². The van der Waals surface area contributed by atoms with Crippen molar-refractivity contribution >= 4 is 27.7 Å². The van der Waals surface area contributed by atoms with Crippen molar-refractivity contribution in [2.75, 3.05) is 12.0 Å². The van der Waals surface area contributed by atoms with Crippen LogP contribution in [0.15, 0.2) is 65.1 Å². The molecule has 160 valence electrons. The van der Waals surface area contributed by atoms with Crippen molar-refractivity contribution in [3.63, 3.8) is 0 Å². The van der Waals surface area contributed by atoms with Gasteiger partial charge in [0, 0.05) is 0 Å². The van der Waals surface area contributed by atoms with Gasteiger partial charge in [0.05, 0.1) is 23.3 Å². The molecule has 1 aliphatic rings. The minimum atomic E-state index is -1.03. The molecule has 0 aromatic heterocycles. The van der Waals surface area contributed by atoms with Crippen molar-refractivity contribution in [2.24, 2.45) is 0 Å². The highest BCUT2D eigenvalue weighted by Gasteiger charge is 2.36. The van der Waals surface area contributed by atoms with Crippen molar-refractivity contribution in [2.45, 2.75) is 25.5 Å². The SMILES string of the molecule is COc1ccc(C2CCc3cc(F)c(F)c(Br)c3N2C(=O)OCc2ccccc2)cc1. The first-order valence-electron chi connectivity index (χ1n) is 9.80. The van der Waals surface area contributed by atoms with Crippen LogP contribution in [0.5, 0.6) is 5.75 Å². The number of ether oxygens (including phenoxy) is 2. The van der Waals surface area contributed by atoms with Gasteiger partial charge in [-0.15, -0.1) is 0 Å². The summed E-state index contributed by atoms with van der Waals surface area (Å²) in [7, 11) is 1.58. The Balaban J connectivity index is 1.72. The topological polar surface area (TPSA) is 38.8 Å². The third-order valence-electron chi connectivity index (χ3n) is 5.36. The number of hydrogen-bond acceptors (Lipinski definition) is 3. The molecule has 1 heterocycles. The number of aryl methyl sites for hydroxylation is 1. The van der Waals surface area contributed by atoms with Crippen LogP contribution in [0.2, 0.25) is 0 Å². The summed E-state index contributed by atoms with van der Waals surface area (Å²) >= 11 is 3.16. The molecule has 1 aliphatic heterocycles. The molecular formula is C24H20BrF2NO3. The van der Waals surface area contributed by atoms with Crippen molar-refractivity contribution in [1.82, 2.24) is 0 Å². The molecule has 4 rings (SSSR count). The van der Waals surface area contributed by atoms with Crippen LogP contribution in [0.1, 0.15) is 29.2 Å². The van der Waals surface area contributed by atoms with Crippen LogP contribution >= 0.6 is 15.9 Å². The zero-order chi connectivity index (χ0) is 22.0. The van der Waals surface area contributed by atoms with Crippen LogP contribution in [-0.4, -0.2) is 13.2 Å². The smallest absolute Gasteiger partial charge is 0.415 e. The Bertz CT molecular complexity index is 1090. The fourth-order valence-corrected chi connectivity index (χ4v) is 4.45. The maximum atomic E-state index is 14.4. The molecule has 0 radical (unpaired) electrons. The minimum Gasteiger partial charge on any atom is -0.497 e. The molecule has 31 heavy (non-hydrogen) atoms. The number of halogens is 3. The second-order valence-corrected chi connectivity index (χ2v) is 8.02. The van der Waals surface area contributed by atoms with Gasteiger partial charge >= 0.3 is 6.09 Å². The number of amides is 1. The molecule has 0 fully saturated rings. The standard InChI is InChI=1S/C24H20BrF2NO3/c1-30-18-10-7-16(8-11-18)20-12-9-17-13-19(26)22(27)21(25)23(17)28(20)24(29)31-14-15-5-3-2-4-6-15/h2-8,10-11,13,20H,9,12,14H2,1H3. The third kappa shape index (κ3) is 4.28. The first kappa shape index (κ1) is 21.3. The number of nitrogens with zero attached hydrogens (tertiary/aromatic N) is 1. The molecule has 1 atom stereocenters. The van der Waals surface area contributed by atoms with Gasteiger partial charge in [-0.05, 0) is 63.7 Å². The zero-order valence-corrected chi connectivity index (χ0v) is 18.4. The van der Waals surface area contributed by atoms with E-state index < -0.39 is 23.8 Å². The van der Waals surface area contributed by atoms with E-state index in [2.05, 4.69) is 15.9 Å². The Labute approximate surface area is 187 Å². The monoisotopic (exact) mass is 487 g/mol. The Morgan fingerprint density at radius 3 is 2.52 bits per heavy atom. The Morgan fingerprint density at radius 1 is 1.13 bits per heavy atom. The molecule has 3 aromatic carbocycles. The summed E-state index contributed by atoms with van der Waals surface area (Å²) in [5.74, 6) is -1.30. The van der Waals surface area contributed by atoms with Gasteiger partial charge in [0.15, 0.2) is 11.6 Å². The fraction of sp³-hybridized carbons (Fsp3) is 0.208. The van der Waals surface area contributed by atoms with E-state index in [0.29, 0.717) is 29.8 Å². The van der Waals surface area contributed by atoms with Gasteiger partial charge in [0.25, 0.3) is 0 Å². The highest BCUT2D eigenvalue weighted by molar-refractivity contribution is 9.10. The quantitative estimate of drug-likeness (QED) is 0.390. The van der Waals surface area contributed by atoms with Gasteiger partial charge in [0.2, 0.25) is 0 Å². The highest BCUT2D eigenvalue weighted by atomic mass is 79.9. The van der Waals surface area contributed by atoms with E-state index in [4.69, 9.17) is 9.47 Å². The Morgan fingerprint density at radius 2 is 1.84 bits per heavy atom. The van der Waals surface area contributed by atoms with E-state index >= 15 is 0 Å². The van der Waals surface area contributed by atoms with Crippen molar-refractivity contribution < 1.29 is 23.0 Å². The van der Waals surface area contributed by atoms with Crippen molar-refractivity contribution in [1.29, 1.82) is 0 Å². The van der Waals surface area contributed by atoms with E-state index in [1.54, 1.807) is 19.2 Å². The first-order valence-corrected chi connectivity index (χ1v) is 10.6. The lowest BCUT2D eigenvalue weighted by Crippen LogP contribution is -2.39. The molecule has 0 saturated heterocycles. The van der Waals surface area contributed by atoms with Crippen LogP contribution in [0, 0.1) is 11.6 Å². The number of hydrogen-bond donors (Lipinski definition) is 0. The van der Waals surface area contributed by atoms with E-state index in [9.17, 15) is 13.6 Å². The highest BCUT2D eigenvalue weighted by Crippen LogP contribution is 2.45. The van der Waals surface area contributed by atoms with Gasteiger partial charge in [0.1, 0.15) is 12.4 Å². The second kappa shape index (κ2) is 9.06. The number of anilines is 1. The van der Waals surface area contributed by atoms with E-state index in [1.165, 1.54) is 4.90 Å². The molecule has 0 spiro atoms. The number of methoxy groups -OCH3 is 1. The zero-order valence-electron chi connectivity index (χ0n) is 16.8. The second-order valence-electron chi connectivity index (χ2n) is 7.23. The molecular weight excluding hydrogens is 468 g/mol. The molecule has 0 bridgehead atoms. The average molecular weight is 488 g/mol. The van der Waals surface area contributed by atoms with Crippen molar-refractivity contribution in [3.8, 4) is 5.75 Å². The van der Waals surface area contributed by atoms with E-state index in [0.717, 1.165) is 17.2 Å². The molecule has 4 nitrogen and oxygen atoms in total. The van der Waals surface area contributed by atoms with Crippen LogP contribution in [0.4, 0.5) is 19.3 Å². The average Bonchev–Trinajstić information content (AvgIpc) is 2.81. The maximum absolute atomic E-state index is 14.4. The lowest BCUT2D eigenvalue weighted by molar-refractivity contribution is 0.143. The number of benzene rings is 3. The maximum Gasteiger partial charge on any atom is 0.415 e. The number of rotatable bonds is 4. The van der Waals surface area contributed by atoms with Gasteiger partial charge in [-0.3, -0.25) is 4.90 Å². The molecule has 7 heteroatoms. The summed E-state index contributed by atoms with van der Waals surface area (Å²) in [5, 5.41) is 0. The van der Waals surface area contributed by atoms with Crippen molar-refractivity contribution in [3.05, 3.63) is 93.5 Å². The van der Waals surface area contributed by atoms with Gasteiger partial charge in [-0.25, -0.2) is 13.6 Å². The molecule has 0 aliphatic carbocycles. The molecule has 1 unspecified atom stereocenters. The Hall–Kier alpha value is -2.93. The largest absolute Gasteiger partial charge is 0.497 e. The first-order chi connectivity index (χ1) is 15.0. The van der Waals surface area contributed by atoms with Crippen LogP contribution in [0.25, 0.3) is 0 Å². The van der Waals surface area contributed by atoms with Crippen LogP contribution in [0.3, 0.4) is 0 Å². The molecule has 1 amide bonds. The summed E-state index contributed by atoms with van der Waals surface area (Å²) in [6, 6.07) is 17.4. The molecule has 0 N–H and O–H groups in total. The molecule has 0 saturated carbocycles. The Kier molecular flexibility index (Phi) is 6.23. The predicted octanol–water partition coefficient (Wildman–Crippen LogP) is 6.57.